The number of carbonyl (C=O) groups excluding carboxylic acids is 1. The topological polar surface area (TPSA) is 81.1 Å². The standard InChI is InChI=1S/C43H34F3N5O2/c44-43(45,46)35-22-20-31(21-23-35)37-18-10-11-19-38(37)41(52)49-36-24-25-40(47-30-36)53-29-28-51-39(26-27-48-51)50-42(32-12-4-1-5-13-32,33-14-6-2-7-15-33)34-16-8-3-9-17-34/h1-27,30,50H,28-29H2,(H,49,52). The Morgan fingerprint density at radius 2 is 1.25 bits per heavy atom. The summed E-state index contributed by atoms with van der Waals surface area (Å²) in [6.07, 6.45) is -1.21. The smallest absolute Gasteiger partial charge is 0.416 e. The van der Waals surface area contributed by atoms with E-state index < -0.39 is 23.2 Å². The Morgan fingerprint density at radius 1 is 0.660 bits per heavy atom. The molecule has 0 aliphatic carbocycles. The van der Waals surface area contributed by atoms with Crippen molar-refractivity contribution in [1.82, 2.24) is 14.8 Å². The predicted octanol–water partition coefficient (Wildman–Crippen LogP) is 9.70. The number of alkyl halides is 3. The van der Waals surface area contributed by atoms with E-state index in [1.54, 1.807) is 42.6 Å². The van der Waals surface area contributed by atoms with Gasteiger partial charge in [-0.3, -0.25) is 4.79 Å². The summed E-state index contributed by atoms with van der Waals surface area (Å²) in [5, 5.41) is 11.3. The number of benzene rings is 5. The lowest BCUT2D eigenvalue weighted by Crippen LogP contribution is -2.39. The number of ether oxygens (including phenoxy) is 1. The molecular weight excluding hydrogens is 676 g/mol. The van der Waals surface area contributed by atoms with Crippen molar-refractivity contribution in [2.24, 2.45) is 0 Å². The SMILES string of the molecule is O=C(Nc1ccc(OCCn2nccc2NC(c2ccccc2)(c2ccccc2)c2ccccc2)nc1)c1ccccc1-c1ccc(C(F)(F)F)cc1. The molecule has 1 amide bonds. The van der Waals surface area contributed by atoms with Crippen molar-refractivity contribution < 1.29 is 22.7 Å². The van der Waals surface area contributed by atoms with Gasteiger partial charge in [-0.15, -0.1) is 0 Å². The molecule has 7 rings (SSSR count). The Balaban J connectivity index is 1.03. The van der Waals surface area contributed by atoms with Gasteiger partial charge in [0.05, 0.1) is 30.2 Å². The molecular formula is C43H34F3N5O2. The summed E-state index contributed by atoms with van der Waals surface area (Å²) in [6, 6.07) is 47.7. The third kappa shape index (κ3) is 7.67. The Kier molecular flexibility index (Phi) is 10.0. The number of nitrogens with one attached hydrogen (secondary N) is 2. The number of amides is 1. The summed E-state index contributed by atoms with van der Waals surface area (Å²) in [5.41, 5.74) is 3.48. The van der Waals surface area contributed by atoms with Gasteiger partial charge < -0.3 is 15.4 Å². The average molecular weight is 710 g/mol. The maximum atomic E-state index is 13.3. The lowest BCUT2D eigenvalue weighted by Gasteiger charge is -2.37. The molecule has 0 fully saturated rings. The second kappa shape index (κ2) is 15.3. The number of carbonyl (C=O) groups is 1. The Labute approximate surface area is 304 Å². The van der Waals surface area contributed by atoms with Crippen LogP contribution < -0.4 is 15.4 Å². The second-order valence-electron chi connectivity index (χ2n) is 12.2. The number of aromatic nitrogens is 3. The summed E-state index contributed by atoms with van der Waals surface area (Å²) in [5.74, 6) is 0.738. The van der Waals surface area contributed by atoms with Crippen molar-refractivity contribution in [1.29, 1.82) is 0 Å². The van der Waals surface area contributed by atoms with Gasteiger partial charge in [0.2, 0.25) is 5.88 Å². The molecule has 2 heterocycles. The maximum absolute atomic E-state index is 13.3. The highest BCUT2D eigenvalue weighted by molar-refractivity contribution is 6.08. The molecule has 53 heavy (non-hydrogen) atoms. The summed E-state index contributed by atoms with van der Waals surface area (Å²) >= 11 is 0. The van der Waals surface area contributed by atoms with Crippen LogP contribution in [-0.2, 0) is 18.3 Å². The highest BCUT2D eigenvalue weighted by Gasteiger charge is 2.37. The first kappa shape index (κ1) is 34.8. The second-order valence-corrected chi connectivity index (χ2v) is 12.2. The molecule has 7 nitrogen and oxygen atoms in total. The summed E-state index contributed by atoms with van der Waals surface area (Å²) in [7, 11) is 0. The van der Waals surface area contributed by atoms with Crippen LogP contribution in [0, 0.1) is 0 Å². The van der Waals surface area contributed by atoms with Crippen LogP contribution >= 0.6 is 0 Å². The number of halogens is 3. The van der Waals surface area contributed by atoms with Crippen LogP contribution in [0.25, 0.3) is 11.1 Å². The molecule has 0 bridgehead atoms. The van der Waals surface area contributed by atoms with E-state index in [-0.39, 0.29) is 6.61 Å². The van der Waals surface area contributed by atoms with E-state index in [9.17, 15) is 18.0 Å². The van der Waals surface area contributed by atoms with Crippen LogP contribution in [-0.4, -0.2) is 27.3 Å². The zero-order valence-corrected chi connectivity index (χ0v) is 28.4. The molecule has 0 aliphatic rings. The molecule has 2 N–H and O–H groups in total. The highest BCUT2D eigenvalue weighted by atomic mass is 19.4. The minimum atomic E-state index is -4.45. The third-order valence-corrected chi connectivity index (χ3v) is 8.89. The zero-order chi connectivity index (χ0) is 36.7. The Morgan fingerprint density at radius 3 is 1.81 bits per heavy atom. The molecule has 0 saturated heterocycles. The van der Waals surface area contributed by atoms with Crippen molar-refractivity contribution in [3.8, 4) is 17.0 Å². The predicted molar refractivity (Wildman–Crippen MR) is 200 cm³/mol. The first-order valence-electron chi connectivity index (χ1n) is 16.9. The van der Waals surface area contributed by atoms with Crippen molar-refractivity contribution in [2.75, 3.05) is 17.2 Å². The van der Waals surface area contributed by atoms with E-state index in [0.717, 1.165) is 34.6 Å². The van der Waals surface area contributed by atoms with Crippen molar-refractivity contribution in [3.05, 3.63) is 198 Å². The van der Waals surface area contributed by atoms with E-state index in [1.165, 1.54) is 18.3 Å². The lowest BCUT2D eigenvalue weighted by molar-refractivity contribution is -0.137. The monoisotopic (exact) mass is 709 g/mol. The highest BCUT2D eigenvalue weighted by Crippen LogP contribution is 2.40. The normalized spacial score (nSPS) is 11.5. The molecule has 0 saturated carbocycles. The minimum Gasteiger partial charge on any atom is -0.476 e. The van der Waals surface area contributed by atoms with E-state index in [2.05, 4.69) is 57.1 Å². The van der Waals surface area contributed by atoms with Crippen LogP contribution in [0.4, 0.5) is 24.7 Å². The summed E-state index contributed by atoms with van der Waals surface area (Å²) < 4.78 is 47.1. The van der Waals surface area contributed by atoms with Crippen LogP contribution in [0.2, 0.25) is 0 Å². The van der Waals surface area contributed by atoms with Crippen LogP contribution in [0.1, 0.15) is 32.6 Å². The molecule has 0 spiro atoms. The average Bonchev–Trinajstić information content (AvgIpc) is 3.64. The molecule has 0 atom stereocenters. The van der Waals surface area contributed by atoms with Gasteiger partial charge in [-0.05, 0) is 52.1 Å². The van der Waals surface area contributed by atoms with E-state index >= 15 is 0 Å². The van der Waals surface area contributed by atoms with Crippen LogP contribution in [0.3, 0.4) is 0 Å². The summed E-state index contributed by atoms with van der Waals surface area (Å²) in [4.78, 5) is 17.6. The fraction of sp³-hybridized carbons (Fsp3) is 0.0930. The first-order chi connectivity index (χ1) is 25.8. The van der Waals surface area contributed by atoms with E-state index in [0.29, 0.717) is 34.8 Å². The molecule has 264 valence electrons. The fourth-order valence-corrected chi connectivity index (χ4v) is 6.34. The third-order valence-electron chi connectivity index (χ3n) is 8.89. The van der Waals surface area contributed by atoms with Gasteiger partial charge in [0.25, 0.3) is 5.91 Å². The van der Waals surface area contributed by atoms with Crippen molar-refractivity contribution >= 4 is 17.4 Å². The minimum absolute atomic E-state index is 0.268. The lowest BCUT2D eigenvalue weighted by atomic mass is 9.77. The number of nitrogens with zero attached hydrogens (tertiary/aromatic N) is 3. The molecule has 10 heteroatoms. The van der Waals surface area contributed by atoms with Gasteiger partial charge in [-0.2, -0.15) is 18.3 Å². The molecule has 7 aromatic rings. The van der Waals surface area contributed by atoms with Gasteiger partial charge in [0, 0.05) is 17.7 Å². The van der Waals surface area contributed by atoms with Crippen molar-refractivity contribution in [2.45, 2.75) is 18.3 Å². The molecule has 0 aliphatic heterocycles. The quantitative estimate of drug-likeness (QED) is 0.124. The van der Waals surface area contributed by atoms with E-state index in [1.807, 2.05) is 65.3 Å². The first-order valence-corrected chi connectivity index (χ1v) is 16.9. The van der Waals surface area contributed by atoms with Gasteiger partial charge in [0.15, 0.2) is 0 Å². The fourth-order valence-electron chi connectivity index (χ4n) is 6.34. The largest absolute Gasteiger partial charge is 0.476 e. The van der Waals surface area contributed by atoms with Crippen LogP contribution in [0.15, 0.2) is 170 Å². The van der Waals surface area contributed by atoms with Crippen molar-refractivity contribution in [3.63, 3.8) is 0 Å². The van der Waals surface area contributed by atoms with Gasteiger partial charge in [-0.25, -0.2) is 9.67 Å². The Bertz CT molecular complexity index is 2160. The number of hydrogen-bond acceptors (Lipinski definition) is 5. The van der Waals surface area contributed by atoms with Crippen LogP contribution in [0.5, 0.6) is 5.88 Å². The molecule has 2 aromatic heterocycles. The zero-order valence-electron chi connectivity index (χ0n) is 28.4. The molecule has 5 aromatic carbocycles. The molecule has 0 unspecified atom stereocenters. The summed E-state index contributed by atoms with van der Waals surface area (Å²) in [6.45, 7) is 0.690. The number of hydrogen-bond donors (Lipinski definition) is 2. The maximum Gasteiger partial charge on any atom is 0.416 e. The van der Waals surface area contributed by atoms with Gasteiger partial charge in [0.1, 0.15) is 18.0 Å². The van der Waals surface area contributed by atoms with E-state index in [4.69, 9.17) is 4.74 Å². The number of pyridine rings is 1. The Hall–Kier alpha value is -6.68. The number of rotatable bonds is 12. The van der Waals surface area contributed by atoms with Gasteiger partial charge in [-0.1, -0.05) is 121 Å². The molecule has 0 radical (unpaired) electrons. The number of anilines is 2. The van der Waals surface area contributed by atoms with Gasteiger partial charge >= 0.3 is 6.18 Å².